The van der Waals surface area contributed by atoms with Crippen molar-refractivity contribution in [3.05, 3.63) is 136 Å². The molecule has 4 aromatic rings. The van der Waals surface area contributed by atoms with Gasteiger partial charge >= 0.3 is 12.1 Å². The third kappa shape index (κ3) is 4.78. The number of carboxylic acid groups (broad SMARTS) is 1. The van der Waals surface area contributed by atoms with Gasteiger partial charge in [-0.05, 0) is 59.2 Å². The lowest BCUT2D eigenvalue weighted by atomic mass is 9.93. The minimum absolute atomic E-state index is 0.502. The van der Waals surface area contributed by atoms with E-state index in [2.05, 4.69) is 41.7 Å². The molecule has 4 aromatic carbocycles. The van der Waals surface area contributed by atoms with Crippen molar-refractivity contribution in [1.29, 1.82) is 0 Å². The molecule has 2 aliphatic rings. The number of hydrogen-bond donors (Lipinski definition) is 2. The molecule has 6 rings (SSSR count). The van der Waals surface area contributed by atoms with Crippen molar-refractivity contribution in [1.82, 2.24) is 5.32 Å². The van der Waals surface area contributed by atoms with Crippen LogP contribution in [0.3, 0.4) is 0 Å². The maximum absolute atomic E-state index is 13.0. The number of benzene rings is 4. The highest BCUT2D eigenvalue weighted by molar-refractivity contribution is 6.31. The molecule has 0 aromatic heterocycles. The molecule has 1 amide bonds. The topological polar surface area (TPSA) is 75.6 Å². The van der Waals surface area contributed by atoms with Crippen LogP contribution in [0, 0.1) is 0 Å². The number of ether oxygens (including phenoxy) is 1. The monoisotopic (exact) mass is 549 g/mol. The highest BCUT2D eigenvalue weighted by Gasteiger charge is 2.51. The Labute approximate surface area is 238 Å². The lowest BCUT2D eigenvalue weighted by Gasteiger charge is -2.17. The van der Waals surface area contributed by atoms with E-state index in [1.165, 1.54) is 0 Å². The first-order valence-electron chi connectivity index (χ1n) is 13.3. The van der Waals surface area contributed by atoms with E-state index in [0.29, 0.717) is 24.3 Å². The average molecular weight is 550 g/mol. The molecule has 0 saturated heterocycles. The summed E-state index contributed by atoms with van der Waals surface area (Å²) in [5.74, 6) is -0.749. The molecule has 1 fully saturated rings. The molecular weight excluding hydrogens is 522 g/mol. The van der Waals surface area contributed by atoms with Gasteiger partial charge < -0.3 is 9.84 Å². The Hall–Kier alpha value is -4.35. The highest BCUT2D eigenvalue weighted by Crippen LogP contribution is 2.48. The maximum atomic E-state index is 13.0. The van der Waals surface area contributed by atoms with Crippen molar-refractivity contribution in [3.8, 4) is 11.1 Å². The molecule has 1 unspecified atom stereocenters. The van der Waals surface area contributed by atoms with Gasteiger partial charge in [0.25, 0.3) is 0 Å². The Bertz CT molecular complexity index is 1640. The maximum Gasteiger partial charge on any atom is 0.411 e. The molecule has 1 atom stereocenters. The molecular formula is C34H28ClNO4. The lowest BCUT2D eigenvalue weighted by molar-refractivity contribution is -0.140. The third-order valence-corrected chi connectivity index (χ3v) is 8.28. The molecule has 0 aliphatic heterocycles. The van der Waals surface area contributed by atoms with Crippen LogP contribution < -0.4 is 5.32 Å². The van der Waals surface area contributed by atoms with Gasteiger partial charge in [-0.1, -0.05) is 103 Å². The van der Waals surface area contributed by atoms with Gasteiger partial charge in [-0.2, -0.15) is 0 Å². The molecule has 0 radical (unpaired) electrons. The SMILES string of the molecule is CC(OC(=O)NC1=C(c2ccc(-c3ccc(C4(C(=O)O)CC4)cc3)cc2)c2ccccc2C1)c1ccccc1Cl. The van der Waals surface area contributed by atoms with Crippen LogP contribution in [-0.2, 0) is 21.4 Å². The summed E-state index contributed by atoms with van der Waals surface area (Å²) >= 11 is 6.29. The van der Waals surface area contributed by atoms with Crippen molar-refractivity contribution >= 4 is 29.2 Å². The summed E-state index contributed by atoms with van der Waals surface area (Å²) in [5, 5.41) is 13.1. The van der Waals surface area contributed by atoms with Gasteiger partial charge in [-0.15, -0.1) is 0 Å². The molecule has 0 bridgehead atoms. The van der Waals surface area contributed by atoms with Crippen LogP contribution in [0.1, 0.15) is 53.7 Å². The largest absolute Gasteiger partial charge is 0.481 e. The van der Waals surface area contributed by atoms with E-state index in [1.807, 2.05) is 54.6 Å². The van der Waals surface area contributed by atoms with Crippen LogP contribution in [0.2, 0.25) is 5.02 Å². The second-order valence-electron chi connectivity index (χ2n) is 10.4. The number of fused-ring (bicyclic) bond motifs is 1. The van der Waals surface area contributed by atoms with E-state index in [1.54, 1.807) is 13.0 Å². The smallest absolute Gasteiger partial charge is 0.411 e. The number of carbonyl (C=O) groups is 2. The van der Waals surface area contributed by atoms with Crippen molar-refractivity contribution < 1.29 is 19.4 Å². The first-order valence-corrected chi connectivity index (χ1v) is 13.7. The predicted octanol–water partition coefficient (Wildman–Crippen LogP) is 7.93. The number of halogens is 1. The summed E-state index contributed by atoms with van der Waals surface area (Å²) < 4.78 is 5.69. The fourth-order valence-corrected chi connectivity index (χ4v) is 5.83. The van der Waals surface area contributed by atoms with E-state index >= 15 is 0 Å². The number of allylic oxidation sites excluding steroid dienone is 1. The molecule has 0 spiro atoms. The van der Waals surface area contributed by atoms with Crippen LogP contribution in [0.25, 0.3) is 16.7 Å². The molecule has 2 aliphatic carbocycles. The minimum atomic E-state index is -0.749. The Morgan fingerprint density at radius 2 is 1.45 bits per heavy atom. The zero-order chi connectivity index (χ0) is 27.9. The number of rotatable bonds is 7. The van der Waals surface area contributed by atoms with Crippen molar-refractivity contribution in [2.75, 3.05) is 0 Å². The first-order chi connectivity index (χ1) is 19.4. The molecule has 2 N–H and O–H groups in total. The number of aliphatic carboxylic acids is 1. The zero-order valence-electron chi connectivity index (χ0n) is 22.0. The fraction of sp³-hybridized carbons (Fsp3) is 0.176. The summed E-state index contributed by atoms with van der Waals surface area (Å²) in [4.78, 5) is 24.6. The third-order valence-electron chi connectivity index (χ3n) is 7.94. The Morgan fingerprint density at radius 3 is 2.10 bits per heavy atom. The van der Waals surface area contributed by atoms with Crippen molar-refractivity contribution in [2.24, 2.45) is 0 Å². The van der Waals surface area contributed by atoms with Crippen LogP contribution in [0.5, 0.6) is 0 Å². The standard InChI is InChI=1S/C34H28ClNO4/c1-21(27-7-4-5-9-29(27)35)40-33(39)36-30-20-25-6-2-3-8-28(25)31(30)24-12-10-22(11-13-24)23-14-16-26(17-15-23)34(18-19-34)32(37)38/h2-17,21H,18-20H2,1H3,(H,36,39)(H,37,38). The number of carboxylic acids is 1. The number of carbonyl (C=O) groups excluding carboxylic acids is 1. The molecule has 40 heavy (non-hydrogen) atoms. The summed E-state index contributed by atoms with van der Waals surface area (Å²) in [6.07, 6.45) is 0.943. The number of hydrogen-bond acceptors (Lipinski definition) is 3. The Balaban J connectivity index is 1.25. The van der Waals surface area contributed by atoms with E-state index in [0.717, 1.165) is 50.2 Å². The Kier molecular flexibility index (Phi) is 6.68. The number of alkyl carbamates (subject to hydrolysis) is 1. The minimum Gasteiger partial charge on any atom is -0.481 e. The second-order valence-corrected chi connectivity index (χ2v) is 10.8. The van der Waals surface area contributed by atoms with Crippen LogP contribution in [0.4, 0.5) is 4.79 Å². The van der Waals surface area contributed by atoms with E-state index in [-0.39, 0.29) is 0 Å². The predicted molar refractivity (Wildman–Crippen MR) is 156 cm³/mol. The molecule has 6 heteroatoms. The van der Waals surface area contributed by atoms with Crippen molar-refractivity contribution in [2.45, 2.75) is 37.7 Å². The number of nitrogens with one attached hydrogen (secondary N) is 1. The van der Waals surface area contributed by atoms with Crippen LogP contribution in [-0.4, -0.2) is 17.2 Å². The van der Waals surface area contributed by atoms with Gasteiger partial charge in [-0.25, -0.2) is 4.79 Å². The second kappa shape index (κ2) is 10.3. The van der Waals surface area contributed by atoms with Gasteiger partial charge in [0.2, 0.25) is 0 Å². The van der Waals surface area contributed by atoms with E-state index < -0.39 is 23.6 Å². The van der Waals surface area contributed by atoms with Crippen molar-refractivity contribution in [3.63, 3.8) is 0 Å². The molecule has 200 valence electrons. The molecule has 0 heterocycles. The summed E-state index contributed by atoms with van der Waals surface area (Å²) in [6.45, 7) is 1.80. The van der Waals surface area contributed by atoms with Gasteiger partial charge in [0.05, 0.1) is 5.41 Å². The molecule has 5 nitrogen and oxygen atoms in total. The normalized spacial score (nSPS) is 15.8. The fourth-order valence-electron chi connectivity index (χ4n) is 5.54. The van der Waals surface area contributed by atoms with Crippen LogP contribution in [0.15, 0.2) is 103 Å². The quantitative estimate of drug-likeness (QED) is 0.245. The summed E-state index contributed by atoms with van der Waals surface area (Å²) in [7, 11) is 0. The highest BCUT2D eigenvalue weighted by atomic mass is 35.5. The van der Waals surface area contributed by atoms with Gasteiger partial charge in [0, 0.05) is 28.3 Å². The Morgan fingerprint density at radius 1 is 0.850 bits per heavy atom. The molecule has 1 saturated carbocycles. The van der Waals surface area contributed by atoms with Gasteiger partial charge in [-0.3, -0.25) is 10.1 Å². The average Bonchev–Trinajstić information content (AvgIpc) is 3.70. The van der Waals surface area contributed by atoms with E-state index in [4.69, 9.17) is 16.3 Å². The van der Waals surface area contributed by atoms with Gasteiger partial charge in [0.15, 0.2) is 0 Å². The zero-order valence-corrected chi connectivity index (χ0v) is 22.7. The lowest BCUT2D eigenvalue weighted by Crippen LogP contribution is -2.25. The summed E-state index contributed by atoms with van der Waals surface area (Å²) in [5.41, 5.74) is 7.92. The summed E-state index contributed by atoms with van der Waals surface area (Å²) in [6, 6.07) is 31.5. The van der Waals surface area contributed by atoms with E-state index in [9.17, 15) is 14.7 Å². The number of amides is 1. The van der Waals surface area contributed by atoms with Gasteiger partial charge in [0.1, 0.15) is 6.10 Å². The van der Waals surface area contributed by atoms with Crippen LogP contribution >= 0.6 is 11.6 Å². The first kappa shape index (κ1) is 25.9.